The Balaban J connectivity index is 7.48. The number of hydrogen-bond acceptors (Lipinski definition) is 6. The number of hydrogen-bond donors (Lipinski definition) is 4. The van der Waals surface area contributed by atoms with E-state index in [-0.39, 0.29) is 44.9 Å². The second kappa shape index (κ2) is 70.0. The van der Waals surface area contributed by atoms with Gasteiger partial charge in [-0.25, -0.2) is 0 Å². The summed E-state index contributed by atoms with van der Waals surface area (Å²) in [6, 6.07) is 0. The van der Waals surface area contributed by atoms with Gasteiger partial charge >= 0.3 is 29.8 Å². The number of ether oxygens (including phenoxy) is 1. The number of aliphatic carboxylic acids is 4. The van der Waals surface area contributed by atoms with Crippen molar-refractivity contribution in [3.8, 4) is 0 Å². The van der Waals surface area contributed by atoms with E-state index in [1.807, 2.05) is 0 Å². The highest BCUT2D eigenvalue weighted by Crippen LogP contribution is 2.65. The lowest BCUT2D eigenvalue weighted by Crippen LogP contribution is -2.68. The van der Waals surface area contributed by atoms with Gasteiger partial charge in [-0.2, -0.15) is 0 Å². The standard InChI is InChI=1S/C89H162O10/c1-6-11-16-21-25-29-33-37-41-45-49-53-57-61-66-71-76-87(84(93)94,77-72-67-62-58-54-50-46-42-38-34-30-26-22-17-12-7-2)89(86(97)98,79-74-69-64-60-56-52-48-44-40-36-32-28-24-19-14-9-4)88(85(95)96,81(83(91)92)80-99-82(90)75-70-65-20-15-10-5)78-73-68-63-59-55-51-47-43-39-35-31-27-23-18-13-8-3/h37-44,81H,6-36,45-80H2,1-5H3,(H,91,92)(H,93,94)(H,95,96)(H,97,98). The number of carbonyl (C=O) groups is 5. The van der Waals surface area contributed by atoms with Gasteiger partial charge in [0.2, 0.25) is 0 Å². The quantitative estimate of drug-likeness (QED) is 0.0261. The fourth-order valence-corrected chi connectivity index (χ4v) is 15.6. The summed E-state index contributed by atoms with van der Waals surface area (Å²) in [5.41, 5.74) is -7.39. The third-order valence-corrected chi connectivity index (χ3v) is 21.9. The molecule has 0 aliphatic heterocycles. The van der Waals surface area contributed by atoms with Gasteiger partial charge in [-0.05, 0) is 135 Å². The van der Waals surface area contributed by atoms with Crippen LogP contribution in [0.5, 0.6) is 0 Å². The maximum absolute atomic E-state index is 15.5. The molecule has 0 rings (SSSR count). The minimum Gasteiger partial charge on any atom is -0.481 e. The van der Waals surface area contributed by atoms with Gasteiger partial charge in [-0.15, -0.1) is 0 Å². The van der Waals surface area contributed by atoms with Crippen molar-refractivity contribution in [3.05, 3.63) is 48.6 Å². The second-order valence-electron chi connectivity index (χ2n) is 30.4. The average molecular weight is 1390 g/mol. The zero-order valence-corrected chi connectivity index (χ0v) is 65.8. The van der Waals surface area contributed by atoms with Gasteiger partial charge in [-0.3, -0.25) is 24.0 Å². The highest BCUT2D eigenvalue weighted by atomic mass is 16.5. The first-order valence-corrected chi connectivity index (χ1v) is 43.0. The van der Waals surface area contributed by atoms with E-state index in [9.17, 15) is 30.0 Å². The second-order valence-corrected chi connectivity index (χ2v) is 30.4. The largest absolute Gasteiger partial charge is 0.481 e. The Morgan fingerprint density at radius 3 is 0.747 bits per heavy atom. The van der Waals surface area contributed by atoms with Gasteiger partial charge in [-0.1, -0.05) is 366 Å². The Morgan fingerprint density at radius 2 is 0.505 bits per heavy atom. The van der Waals surface area contributed by atoms with Gasteiger partial charge in [0.25, 0.3) is 0 Å². The SMILES string of the molecule is CCCCCCCCC=CCCCCCCCCC(CCCCCCCCC=CCCCCCCCC)(C(=O)O)C(CCCCCCCCC=CCCCCCCCC)(C(=O)O)C(CCCCCCCCC=CCCCCCCCC)(C(=O)O)C(COC(=O)CCCCCCC)C(=O)O. The summed E-state index contributed by atoms with van der Waals surface area (Å²) in [5.74, 6) is -8.76. The summed E-state index contributed by atoms with van der Waals surface area (Å²) in [6.07, 6.45) is 79.5. The van der Waals surface area contributed by atoms with Gasteiger partial charge in [0, 0.05) is 6.42 Å². The Bertz CT molecular complexity index is 1950. The van der Waals surface area contributed by atoms with Crippen LogP contribution in [-0.4, -0.2) is 56.9 Å². The van der Waals surface area contributed by atoms with Crippen molar-refractivity contribution in [2.45, 2.75) is 458 Å². The van der Waals surface area contributed by atoms with E-state index in [4.69, 9.17) is 4.74 Å². The molecule has 3 atom stereocenters. The fourth-order valence-electron chi connectivity index (χ4n) is 15.6. The number of carboxylic acids is 4. The van der Waals surface area contributed by atoms with E-state index in [1.54, 1.807) is 0 Å². The molecular formula is C89H162O10. The highest BCUT2D eigenvalue weighted by molar-refractivity contribution is 5.96. The highest BCUT2D eigenvalue weighted by Gasteiger charge is 2.75. The van der Waals surface area contributed by atoms with Gasteiger partial charge in [0.1, 0.15) is 23.4 Å². The summed E-state index contributed by atoms with van der Waals surface area (Å²) in [6.45, 7) is 10.2. The normalized spacial score (nSPS) is 14.2. The van der Waals surface area contributed by atoms with Crippen molar-refractivity contribution < 1.29 is 49.1 Å². The molecule has 3 unspecified atom stereocenters. The number of carbonyl (C=O) groups excluding carboxylic acids is 1. The third kappa shape index (κ3) is 47.3. The van der Waals surface area contributed by atoms with Gasteiger partial charge in [0.05, 0.1) is 5.41 Å². The molecule has 0 heterocycles. The average Bonchev–Trinajstić information content (AvgIpc) is 0.695. The molecule has 0 aromatic rings. The molecule has 0 saturated carbocycles. The molecule has 578 valence electrons. The number of unbranched alkanes of at least 4 members (excludes halogenated alkanes) is 52. The maximum atomic E-state index is 15.5. The molecule has 0 fully saturated rings. The molecule has 10 nitrogen and oxygen atoms in total. The van der Waals surface area contributed by atoms with E-state index in [0.717, 1.165) is 180 Å². The van der Waals surface area contributed by atoms with Crippen LogP contribution in [0.3, 0.4) is 0 Å². The van der Waals surface area contributed by atoms with Crippen molar-refractivity contribution >= 4 is 29.8 Å². The maximum Gasteiger partial charge on any atom is 0.312 e. The summed E-state index contributed by atoms with van der Waals surface area (Å²) in [4.78, 5) is 74.0. The van der Waals surface area contributed by atoms with Gasteiger partial charge in [0.15, 0.2) is 0 Å². The Morgan fingerprint density at radius 1 is 0.273 bits per heavy atom. The molecular weight excluding hydrogens is 1230 g/mol. The van der Waals surface area contributed by atoms with Crippen molar-refractivity contribution in [2.75, 3.05) is 6.61 Å². The van der Waals surface area contributed by atoms with E-state index < -0.39 is 58.6 Å². The molecule has 0 aromatic heterocycles. The number of rotatable bonds is 79. The van der Waals surface area contributed by atoms with Crippen LogP contribution >= 0.6 is 0 Å². The Kier molecular flexibility index (Phi) is 67.4. The number of esters is 1. The zero-order chi connectivity index (χ0) is 72.7. The molecule has 0 saturated heterocycles. The van der Waals surface area contributed by atoms with Crippen molar-refractivity contribution in [1.29, 1.82) is 0 Å². The minimum absolute atomic E-state index is 0.0234. The third-order valence-electron chi connectivity index (χ3n) is 21.9. The zero-order valence-electron chi connectivity index (χ0n) is 65.8. The van der Waals surface area contributed by atoms with E-state index in [0.29, 0.717) is 44.9 Å². The van der Waals surface area contributed by atoms with E-state index in [2.05, 4.69) is 83.2 Å². The fraction of sp³-hybridized carbons (Fsp3) is 0.854. The smallest absolute Gasteiger partial charge is 0.312 e. The lowest BCUT2D eigenvalue weighted by Gasteiger charge is -2.56. The van der Waals surface area contributed by atoms with E-state index in [1.165, 1.54) is 154 Å². The molecule has 99 heavy (non-hydrogen) atoms. The lowest BCUT2D eigenvalue weighted by atomic mass is 9.42. The summed E-state index contributed by atoms with van der Waals surface area (Å²) in [5, 5.41) is 48.9. The van der Waals surface area contributed by atoms with Crippen LogP contribution in [0.15, 0.2) is 48.6 Å². The molecule has 0 aromatic carbocycles. The topological polar surface area (TPSA) is 175 Å². The summed E-state index contributed by atoms with van der Waals surface area (Å²) < 4.78 is 5.89. The minimum atomic E-state index is -2.65. The Labute approximate surface area is 611 Å². The van der Waals surface area contributed by atoms with Crippen LogP contribution in [0.1, 0.15) is 458 Å². The van der Waals surface area contributed by atoms with Crippen LogP contribution in [0, 0.1) is 22.2 Å². The van der Waals surface area contributed by atoms with E-state index >= 15 is 14.4 Å². The monoisotopic (exact) mass is 1390 g/mol. The van der Waals surface area contributed by atoms with Crippen LogP contribution in [0.4, 0.5) is 0 Å². The van der Waals surface area contributed by atoms with Crippen LogP contribution in [0.2, 0.25) is 0 Å². The van der Waals surface area contributed by atoms with Crippen molar-refractivity contribution in [2.24, 2.45) is 22.2 Å². The predicted molar refractivity (Wildman–Crippen MR) is 422 cm³/mol. The summed E-state index contributed by atoms with van der Waals surface area (Å²) >= 11 is 0. The van der Waals surface area contributed by atoms with Crippen molar-refractivity contribution in [3.63, 3.8) is 0 Å². The number of carboxylic acid groups (broad SMARTS) is 4. The molecule has 0 radical (unpaired) electrons. The van der Waals surface area contributed by atoms with Gasteiger partial charge < -0.3 is 25.2 Å². The molecule has 0 bridgehead atoms. The first-order valence-electron chi connectivity index (χ1n) is 43.0. The first kappa shape index (κ1) is 95.3. The van der Waals surface area contributed by atoms with Crippen LogP contribution in [-0.2, 0) is 28.7 Å². The van der Waals surface area contributed by atoms with Crippen LogP contribution < -0.4 is 0 Å². The molecule has 0 aliphatic rings. The molecule has 10 heteroatoms. The lowest BCUT2D eigenvalue weighted by molar-refractivity contribution is -0.218. The molecule has 4 N–H and O–H groups in total. The molecule has 0 aliphatic carbocycles. The Hall–Kier alpha value is -3.69. The summed E-state index contributed by atoms with van der Waals surface area (Å²) in [7, 11) is 0. The molecule has 0 amide bonds. The van der Waals surface area contributed by atoms with Crippen LogP contribution in [0.25, 0.3) is 0 Å². The molecule has 0 spiro atoms. The van der Waals surface area contributed by atoms with Crippen molar-refractivity contribution in [1.82, 2.24) is 0 Å². The number of allylic oxidation sites excluding steroid dienone is 8. The predicted octanol–water partition coefficient (Wildman–Crippen LogP) is 28.5. The first-order chi connectivity index (χ1) is 48.4.